The second-order valence-electron chi connectivity index (χ2n) is 5.71. The molecule has 0 spiro atoms. The van der Waals surface area contributed by atoms with E-state index in [0.717, 1.165) is 17.9 Å². The number of rotatable bonds is 3. The second-order valence-corrected chi connectivity index (χ2v) is 5.71. The van der Waals surface area contributed by atoms with E-state index in [1.165, 1.54) is 0 Å². The molecular weight excluding hydrogens is 268 g/mol. The van der Waals surface area contributed by atoms with E-state index in [1.807, 2.05) is 31.3 Å². The summed E-state index contributed by atoms with van der Waals surface area (Å²) in [5, 5.41) is 0. The molecule has 2 rings (SSSR count). The first-order valence-corrected chi connectivity index (χ1v) is 7.19. The van der Waals surface area contributed by atoms with Crippen molar-refractivity contribution in [1.29, 1.82) is 0 Å². The highest BCUT2D eigenvalue weighted by atomic mass is 16.5. The lowest BCUT2D eigenvalue weighted by molar-refractivity contribution is -0.157. The van der Waals surface area contributed by atoms with Crippen LogP contribution in [0.2, 0.25) is 0 Å². The van der Waals surface area contributed by atoms with Crippen LogP contribution in [-0.2, 0) is 14.3 Å². The zero-order valence-electron chi connectivity index (χ0n) is 13.0. The van der Waals surface area contributed by atoms with Gasteiger partial charge >= 0.3 is 5.97 Å². The number of para-hydroxylation sites is 2. The topological polar surface area (TPSA) is 49.9 Å². The molecule has 1 aromatic rings. The van der Waals surface area contributed by atoms with E-state index in [9.17, 15) is 9.59 Å². The summed E-state index contributed by atoms with van der Waals surface area (Å²) in [6, 6.07) is 7.73. The SMILES string of the molecule is CCOC(=O)C(C)(C)C(=O)N1CCN(C)c2ccccc21. The van der Waals surface area contributed by atoms with Gasteiger partial charge in [-0.1, -0.05) is 12.1 Å². The van der Waals surface area contributed by atoms with Gasteiger partial charge in [-0.2, -0.15) is 0 Å². The van der Waals surface area contributed by atoms with Crippen LogP contribution in [0.5, 0.6) is 0 Å². The molecule has 114 valence electrons. The third-order valence-electron chi connectivity index (χ3n) is 3.81. The fraction of sp³-hybridized carbons (Fsp3) is 0.500. The second kappa shape index (κ2) is 5.76. The first-order valence-electron chi connectivity index (χ1n) is 7.19. The quantitative estimate of drug-likeness (QED) is 0.631. The van der Waals surface area contributed by atoms with E-state index >= 15 is 0 Å². The Bertz CT molecular complexity index is 554. The van der Waals surface area contributed by atoms with Crippen LogP contribution in [0.3, 0.4) is 0 Å². The Kier molecular flexibility index (Phi) is 4.21. The van der Waals surface area contributed by atoms with Crippen LogP contribution in [0.1, 0.15) is 20.8 Å². The number of ether oxygens (including phenoxy) is 1. The Hall–Kier alpha value is -2.04. The zero-order chi connectivity index (χ0) is 15.6. The lowest BCUT2D eigenvalue weighted by Crippen LogP contribution is -2.50. The molecule has 0 atom stereocenters. The number of carbonyl (C=O) groups excluding carboxylic acids is 2. The number of benzene rings is 1. The standard InChI is InChI=1S/C16H22N2O3/c1-5-21-15(20)16(2,3)14(19)18-11-10-17(4)12-8-6-7-9-13(12)18/h6-9H,5,10-11H2,1-4H3. The number of hydrogen-bond acceptors (Lipinski definition) is 4. The van der Waals surface area contributed by atoms with Crippen molar-refractivity contribution in [2.45, 2.75) is 20.8 Å². The van der Waals surface area contributed by atoms with Crippen molar-refractivity contribution >= 4 is 23.3 Å². The molecule has 5 heteroatoms. The Morgan fingerprint density at radius 1 is 1.19 bits per heavy atom. The number of hydrogen-bond donors (Lipinski definition) is 0. The van der Waals surface area contributed by atoms with E-state index in [2.05, 4.69) is 4.90 Å². The van der Waals surface area contributed by atoms with Gasteiger partial charge in [0.15, 0.2) is 0 Å². The predicted molar refractivity (Wildman–Crippen MR) is 82.5 cm³/mol. The Balaban J connectivity index is 2.33. The highest BCUT2D eigenvalue weighted by Crippen LogP contribution is 2.34. The van der Waals surface area contributed by atoms with E-state index < -0.39 is 11.4 Å². The van der Waals surface area contributed by atoms with E-state index in [1.54, 1.807) is 25.7 Å². The maximum atomic E-state index is 12.8. The molecule has 0 unspecified atom stereocenters. The van der Waals surface area contributed by atoms with Crippen LogP contribution in [-0.4, -0.2) is 38.6 Å². The molecule has 0 aromatic heterocycles. The maximum absolute atomic E-state index is 12.8. The zero-order valence-corrected chi connectivity index (χ0v) is 13.0. The van der Waals surface area contributed by atoms with Crippen molar-refractivity contribution in [3.8, 4) is 0 Å². The van der Waals surface area contributed by atoms with Gasteiger partial charge in [0.05, 0.1) is 18.0 Å². The van der Waals surface area contributed by atoms with Gasteiger partial charge < -0.3 is 14.5 Å². The number of likely N-dealkylation sites (N-methyl/N-ethyl adjacent to an activating group) is 1. The van der Waals surface area contributed by atoms with Crippen LogP contribution < -0.4 is 9.80 Å². The van der Waals surface area contributed by atoms with Gasteiger partial charge in [0.25, 0.3) is 0 Å². The summed E-state index contributed by atoms with van der Waals surface area (Å²) in [4.78, 5) is 28.7. The maximum Gasteiger partial charge on any atom is 0.321 e. The normalized spacial score (nSPS) is 14.7. The molecule has 5 nitrogen and oxygen atoms in total. The number of carbonyl (C=O) groups is 2. The minimum atomic E-state index is -1.18. The summed E-state index contributed by atoms with van der Waals surface area (Å²) in [5.41, 5.74) is 0.657. The molecule has 0 saturated carbocycles. The Labute approximate surface area is 125 Å². The number of anilines is 2. The van der Waals surface area contributed by atoms with Crippen molar-refractivity contribution in [3.05, 3.63) is 24.3 Å². The average molecular weight is 290 g/mol. The molecule has 21 heavy (non-hydrogen) atoms. The number of fused-ring (bicyclic) bond motifs is 1. The van der Waals surface area contributed by atoms with Gasteiger partial charge in [-0.25, -0.2) is 0 Å². The van der Waals surface area contributed by atoms with Crippen molar-refractivity contribution < 1.29 is 14.3 Å². The number of nitrogens with zero attached hydrogens (tertiary/aromatic N) is 2. The summed E-state index contributed by atoms with van der Waals surface area (Å²) in [5.74, 6) is -0.701. The van der Waals surface area contributed by atoms with Crippen LogP contribution in [0.4, 0.5) is 11.4 Å². The summed E-state index contributed by atoms with van der Waals surface area (Å²) in [6.07, 6.45) is 0. The van der Waals surface area contributed by atoms with E-state index in [-0.39, 0.29) is 12.5 Å². The number of amides is 1. The molecule has 0 aliphatic carbocycles. The fourth-order valence-electron chi connectivity index (χ4n) is 2.45. The first kappa shape index (κ1) is 15.4. The Morgan fingerprint density at radius 2 is 1.81 bits per heavy atom. The molecule has 0 saturated heterocycles. The van der Waals surface area contributed by atoms with Gasteiger partial charge in [0.2, 0.25) is 5.91 Å². The molecular formula is C16H22N2O3. The third kappa shape index (κ3) is 2.73. The predicted octanol–water partition coefficient (Wildman–Crippen LogP) is 2.06. The molecule has 1 aromatic carbocycles. The summed E-state index contributed by atoms with van der Waals surface area (Å²) in [7, 11) is 2.00. The highest BCUT2D eigenvalue weighted by molar-refractivity contribution is 6.11. The van der Waals surface area contributed by atoms with Crippen molar-refractivity contribution in [2.24, 2.45) is 5.41 Å². The van der Waals surface area contributed by atoms with Gasteiger partial charge in [-0.3, -0.25) is 9.59 Å². The lowest BCUT2D eigenvalue weighted by atomic mass is 9.91. The average Bonchev–Trinajstić information content (AvgIpc) is 2.47. The molecule has 0 fully saturated rings. The lowest BCUT2D eigenvalue weighted by Gasteiger charge is -2.38. The smallest absolute Gasteiger partial charge is 0.321 e. The summed E-state index contributed by atoms with van der Waals surface area (Å²) in [6.45, 7) is 6.55. The van der Waals surface area contributed by atoms with Gasteiger partial charge in [0.1, 0.15) is 5.41 Å². The summed E-state index contributed by atoms with van der Waals surface area (Å²) >= 11 is 0. The molecule has 1 heterocycles. The van der Waals surface area contributed by atoms with E-state index in [4.69, 9.17) is 4.74 Å². The Morgan fingerprint density at radius 3 is 2.43 bits per heavy atom. The largest absolute Gasteiger partial charge is 0.465 e. The van der Waals surface area contributed by atoms with Gasteiger partial charge in [-0.15, -0.1) is 0 Å². The molecule has 0 bridgehead atoms. The first-order chi connectivity index (χ1) is 9.89. The minimum Gasteiger partial charge on any atom is -0.465 e. The van der Waals surface area contributed by atoms with Crippen LogP contribution in [0, 0.1) is 5.41 Å². The summed E-state index contributed by atoms with van der Waals surface area (Å²) < 4.78 is 5.03. The van der Waals surface area contributed by atoms with Crippen LogP contribution in [0.25, 0.3) is 0 Å². The van der Waals surface area contributed by atoms with Crippen molar-refractivity contribution in [3.63, 3.8) is 0 Å². The molecule has 1 aliphatic heterocycles. The van der Waals surface area contributed by atoms with Crippen LogP contribution in [0.15, 0.2) is 24.3 Å². The molecule has 0 N–H and O–H groups in total. The van der Waals surface area contributed by atoms with Crippen molar-refractivity contribution in [2.75, 3.05) is 36.5 Å². The van der Waals surface area contributed by atoms with Gasteiger partial charge in [0, 0.05) is 20.1 Å². The van der Waals surface area contributed by atoms with E-state index in [0.29, 0.717) is 6.54 Å². The molecule has 0 radical (unpaired) electrons. The third-order valence-corrected chi connectivity index (χ3v) is 3.81. The van der Waals surface area contributed by atoms with Crippen LogP contribution >= 0.6 is 0 Å². The van der Waals surface area contributed by atoms with Gasteiger partial charge in [-0.05, 0) is 32.9 Å². The number of esters is 1. The molecule has 1 aliphatic rings. The highest BCUT2D eigenvalue weighted by Gasteiger charge is 2.42. The fourth-order valence-corrected chi connectivity index (χ4v) is 2.45. The molecule has 1 amide bonds. The monoisotopic (exact) mass is 290 g/mol. The van der Waals surface area contributed by atoms with Crippen molar-refractivity contribution in [1.82, 2.24) is 0 Å². The minimum absolute atomic E-state index is 0.221.